The van der Waals surface area contributed by atoms with E-state index in [4.69, 9.17) is 0 Å². The average Bonchev–Trinajstić information content (AvgIpc) is 3.28. The number of fused-ring (bicyclic) bond motifs is 1. The molecule has 0 unspecified atom stereocenters. The largest absolute Gasteiger partial charge is 0.353 e. The maximum Gasteiger partial charge on any atom is 0.203 e. The summed E-state index contributed by atoms with van der Waals surface area (Å²) in [6, 6.07) is 0.668. The number of rotatable bonds is 4. The van der Waals surface area contributed by atoms with E-state index >= 15 is 0 Å². The summed E-state index contributed by atoms with van der Waals surface area (Å²) in [5.74, 6) is 2.84. The minimum absolute atomic E-state index is 0.668. The monoisotopic (exact) mass is 286 g/mol. The van der Waals surface area contributed by atoms with Crippen LogP contribution in [0.1, 0.15) is 31.5 Å². The quantitative estimate of drug-likeness (QED) is 0.920. The van der Waals surface area contributed by atoms with E-state index in [0.717, 1.165) is 36.3 Å². The van der Waals surface area contributed by atoms with Crippen molar-refractivity contribution >= 4 is 11.5 Å². The second kappa shape index (κ2) is 5.26. The fourth-order valence-corrected chi connectivity index (χ4v) is 3.10. The van der Waals surface area contributed by atoms with Crippen molar-refractivity contribution in [2.45, 2.75) is 38.6 Å². The standard InChI is InChI=1S/C15H22N6/c1-11-18-19-15-14(16-6-9-21(11)15)20-7-4-13(5-8-20)17-10-12-2-3-12/h6,9,12-13,17H,2-5,7-8,10H2,1H3. The molecule has 0 aromatic carbocycles. The zero-order valence-electron chi connectivity index (χ0n) is 12.5. The van der Waals surface area contributed by atoms with Crippen LogP contribution in [-0.4, -0.2) is 45.3 Å². The summed E-state index contributed by atoms with van der Waals surface area (Å²) in [5, 5.41) is 12.1. The highest BCUT2D eigenvalue weighted by atomic mass is 15.3. The van der Waals surface area contributed by atoms with E-state index in [1.54, 1.807) is 0 Å². The Morgan fingerprint density at radius 3 is 2.76 bits per heavy atom. The fraction of sp³-hybridized carbons (Fsp3) is 0.667. The third-order valence-corrected chi connectivity index (χ3v) is 4.67. The first-order valence-corrected chi connectivity index (χ1v) is 7.96. The summed E-state index contributed by atoms with van der Waals surface area (Å²) in [4.78, 5) is 6.88. The van der Waals surface area contributed by atoms with Gasteiger partial charge >= 0.3 is 0 Å². The van der Waals surface area contributed by atoms with Gasteiger partial charge in [0, 0.05) is 31.5 Å². The van der Waals surface area contributed by atoms with Crippen molar-refractivity contribution in [3.05, 3.63) is 18.2 Å². The second-order valence-electron chi connectivity index (χ2n) is 6.30. The first kappa shape index (κ1) is 13.0. The maximum absolute atomic E-state index is 4.54. The SMILES string of the molecule is Cc1nnc2c(N3CCC(NCC4CC4)CC3)nccn12. The normalized spacial score (nSPS) is 20.3. The number of nitrogens with one attached hydrogen (secondary N) is 1. The van der Waals surface area contributed by atoms with Crippen molar-refractivity contribution < 1.29 is 0 Å². The van der Waals surface area contributed by atoms with E-state index < -0.39 is 0 Å². The average molecular weight is 286 g/mol. The number of hydrogen-bond acceptors (Lipinski definition) is 5. The van der Waals surface area contributed by atoms with E-state index in [1.165, 1.54) is 32.2 Å². The molecule has 2 fully saturated rings. The van der Waals surface area contributed by atoms with E-state index in [0.29, 0.717) is 6.04 Å². The molecule has 1 aliphatic heterocycles. The van der Waals surface area contributed by atoms with Crippen LogP contribution >= 0.6 is 0 Å². The third kappa shape index (κ3) is 2.60. The molecule has 6 heteroatoms. The molecule has 1 aliphatic carbocycles. The van der Waals surface area contributed by atoms with Gasteiger partial charge in [-0.05, 0) is 45.1 Å². The molecule has 1 saturated heterocycles. The molecule has 0 amide bonds. The molecular weight excluding hydrogens is 264 g/mol. The van der Waals surface area contributed by atoms with Gasteiger partial charge in [0.05, 0.1) is 0 Å². The lowest BCUT2D eigenvalue weighted by Crippen LogP contribution is -2.43. The Bertz CT molecular complexity index is 624. The molecule has 2 aromatic rings. The van der Waals surface area contributed by atoms with E-state index in [9.17, 15) is 0 Å². The van der Waals surface area contributed by atoms with Gasteiger partial charge in [0.15, 0.2) is 5.82 Å². The highest BCUT2D eigenvalue weighted by Crippen LogP contribution is 2.28. The van der Waals surface area contributed by atoms with Gasteiger partial charge < -0.3 is 10.2 Å². The summed E-state index contributed by atoms with van der Waals surface area (Å²) in [7, 11) is 0. The van der Waals surface area contributed by atoms with Crippen molar-refractivity contribution in [1.29, 1.82) is 0 Å². The Balaban J connectivity index is 1.44. The van der Waals surface area contributed by atoms with Crippen LogP contribution in [0.5, 0.6) is 0 Å². The van der Waals surface area contributed by atoms with Gasteiger partial charge in [0.25, 0.3) is 0 Å². The van der Waals surface area contributed by atoms with E-state index in [1.807, 2.05) is 23.7 Å². The van der Waals surface area contributed by atoms with Gasteiger partial charge in [0.2, 0.25) is 5.65 Å². The van der Waals surface area contributed by atoms with Crippen molar-refractivity contribution in [2.75, 3.05) is 24.5 Å². The van der Waals surface area contributed by atoms with Crippen molar-refractivity contribution in [2.24, 2.45) is 5.92 Å². The predicted molar refractivity (Wildman–Crippen MR) is 81.5 cm³/mol. The van der Waals surface area contributed by atoms with Crippen LogP contribution in [0.4, 0.5) is 5.82 Å². The summed E-state index contributed by atoms with van der Waals surface area (Å²) in [5.41, 5.74) is 0.874. The number of aromatic nitrogens is 4. The van der Waals surface area contributed by atoms with Crippen LogP contribution in [-0.2, 0) is 0 Å². The molecule has 6 nitrogen and oxygen atoms in total. The number of anilines is 1. The molecule has 3 heterocycles. The van der Waals surface area contributed by atoms with Crippen LogP contribution in [0.25, 0.3) is 5.65 Å². The van der Waals surface area contributed by atoms with Gasteiger partial charge in [0.1, 0.15) is 5.82 Å². The molecule has 1 N–H and O–H groups in total. The lowest BCUT2D eigenvalue weighted by atomic mass is 10.0. The molecule has 2 aromatic heterocycles. The highest BCUT2D eigenvalue weighted by molar-refractivity contribution is 5.63. The molecule has 0 bridgehead atoms. The summed E-state index contributed by atoms with van der Waals surface area (Å²) in [6.45, 7) is 5.27. The molecule has 4 rings (SSSR count). The summed E-state index contributed by atoms with van der Waals surface area (Å²) < 4.78 is 2.01. The number of nitrogens with zero attached hydrogens (tertiary/aromatic N) is 5. The second-order valence-corrected chi connectivity index (χ2v) is 6.30. The molecule has 112 valence electrons. The fourth-order valence-electron chi connectivity index (χ4n) is 3.10. The number of piperidine rings is 1. The number of aryl methyl sites for hydroxylation is 1. The molecule has 0 spiro atoms. The summed E-state index contributed by atoms with van der Waals surface area (Å²) >= 11 is 0. The Kier molecular flexibility index (Phi) is 3.25. The Morgan fingerprint density at radius 1 is 1.19 bits per heavy atom. The van der Waals surface area contributed by atoms with Gasteiger partial charge in [-0.3, -0.25) is 4.40 Å². The molecule has 2 aliphatic rings. The lowest BCUT2D eigenvalue weighted by Gasteiger charge is -2.33. The maximum atomic E-state index is 4.54. The summed E-state index contributed by atoms with van der Waals surface area (Å²) in [6.07, 6.45) is 8.98. The van der Waals surface area contributed by atoms with Gasteiger partial charge in [-0.2, -0.15) is 0 Å². The van der Waals surface area contributed by atoms with Crippen molar-refractivity contribution in [1.82, 2.24) is 24.9 Å². The topological polar surface area (TPSA) is 58.4 Å². The van der Waals surface area contributed by atoms with E-state index in [-0.39, 0.29) is 0 Å². The zero-order valence-corrected chi connectivity index (χ0v) is 12.5. The predicted octanol–water partition coefficient (Wildman–Crippen LogP) is 1.40. The van der Waals surface area contributed by atoms with Crippen molar-refractivity contribution in [3.63, 3.8) is 0 Å². The minimum Gasteiger partial charge on any atom is -0.353 e. The van der Waals surface area contributed by atoms with E-state index in [2.05, 4.69) is 25.4 Å². The van der Waals surface area contributed by atoms with Crippen LogP contribution in [0.15, 0.2) is 12.4 Å². The van der Waals surface area contributed by atoms with Gasteiger partial charge in [-0.15, -0.1) is 10.2 Å². The zero-order chi connectivity index (χ0) is 14.2. The van der Waals surface area contributed by atoms with Crippen LogP contribution in [0.2, 0.25) is 0 Å². The molecular formula is C15H22N6. The first-order valence-electron chi connectivity index (χ1n) is 7.96. The first-order chi connectivity index (χ1) is 10.3. The van der Waals surface area contributed by atoms with Crippen molar-refractivity contribution in [3.8, 4) is 0 Å². The Labute approximate surface area is 124 Å². The highest BCUT2D eigenvalue weighted by Gasteiger charge is 2.25. The van der Waals surface area contributed by atoms with Crippen LogP contribution in [0, 0.1) is 12.8 Å². The molecule has 0 radical (unpaired) electrons. The van der Waals surface area contributed by atoms with Crippen LogP contribution < -0.4 is 10.2 Å². The third-order valence-electron chi connectivity index (χ3n) is 4.67. The van der Waals surface area contributed by atoms with Crippen LogP contribution in [0.3, 0.4) is 0 Å². The smallest absolute Gasteiger partial charge is 0.203 e. The number of hydrogen-bond donors (Lipinski definition) is 1. The molecule has 21 heavy (non-hydrogen) atoms. The minimum atomic E-state index is 0.668. The Morgan fingerprint density at radius 2 is 2.00 bits per heavy atom. The van der Waals surface area contributed by atoms with Gasteiger partial charge in [-0.1, -0.05) is 0 Å². The van der Waals surface area contributed by atoms with Gasteiger partial charge in [-0.25, -0.2) is 4.98 Å². The Hall–Kier alpha value is -1.69. The molecule has 0 atom stereocenters. The lowest BCUT2D eigenvalue weighted by molar-refractivity contribution is 0.408. The molecule has 1 saturated carbocycles.